The summed E-state index contributed by atoms with van der Waals surface area (Å²) in [6.45, 7) is 0. The largest absolute Gasteiger partial charge is 0.493 e. The van der Waals surface area contributed by atoms with Crippen LogP contribution in [0.3, 0.4) is 0 Å². The molecule has 0 bridgehead atoms. The van der Waals surface area contributed by atoms with Gasteiger partial charge in [-0.25, -0.2) is 9.78 Å². The van der Waals surface area contributed by atoms with E-state index in [0.29, 0.717) is 41.3 Å². The summed E-state index contributed by atoms with van der Waals surface area (Å²) in [6, 6.07) is 16.4. The Morgan fingerprint density at radius 2 is 1.82 bits per heavy atom. The summed E-state index contributed by atoms with van der Waals surface area (Å²) in [5.41, 5.74) is 9.34. The van der Waals surface area contributed by atoms with E-state index in [1.807, 2.05) is 30.3 Å². The fraction of sp³-hybridized carbons (Fsp3) is 0.148. The SMILES string of the molecule is COC(=O)c1ccc(-c2cc(OC)c3oc(CCC(=O)/C=C/c4ccc(N)nc4)cc3c2)cc1. The molecule has 0 unspecified atom stereocenters. The summed E-state index contributed by atoms with van der Waals surface area (Å²) >= 11 is 0. The highest BCUT2D eigenvalue weighted by Gasteiger charge is 2.14. The lowest BCUT2D eigenvalue weighted by molar-refractivity contribution is -0.114. The van der Waals surface area contributed by atoms with E-state index in [2.05, 4.69) is 4.98 Å². The molecule has 4 rings (SSSR count). The Kier molecular flexibility index (Phi) is 6.73. The first-order valence-corrected chi connectivity index (χ1v) is 10.7. The Labute approximate surface area is 196 Å². The van der Waals surface area contributed by atoms with Gasteiger partial charge in [0.25, 0.3) is 0 Å². The third-order valence-electron chi connectivity index (χ3n) is 5.38. The molecular weight excluding hydrogens is 432 g/mol. The number of allylic oxidation sites excluding steroid dienone is 1. The van der Waals surface area contributed by atoms with E-state index >= 15 is 0 Å². The molecule has 0 aliphatic rings. The number of pyridine rings is 1. The van der Waals surface area contributed by atoms with E-state index in [0.717, 1.165) is 22.1 Å². The Morgan fingerprint density at radius 3 is 2.50 bits per heavy atom. The summed E-state index contributed by atoms with van der Waals surface area (Å²) in [7, 11) is 2.94. The van der Waals surface area contributed by atoms with Gasteiger partial charge in [0.2, 0.25) is 0 Å². The van der Waals surface area contributed by atoms with Gasteiger partial charge in [0.05, 0.1) is 19.8 Å². The molecule has 0 aliphatic carbocycles. The molecule has 0 spiro atoms. The minimum absolute atomic E-state index is 0.0179. The topological polar surface area (TPSA) is 105 Å². The molecule has 0 aliphatic heterocycles. The summed E-state index contributed by atoms with van der Waals surface area (Å²) < 4.78 is 16.3. The molecule has 2 heterocycles. The number of fused-ring (bicyclic) bond motifs is 1. The standard InChI is InChI=1S/C27H24N2O5/c1-32-24-15-20(18-5-7-19(8-6-18)27(31)33-2)13-21-14-23(34-26(21)24)11-10-22(30)9-3-17-4-12-25(28)29-16-17/h3-9,12-16H,10-11H2,1-2H3,(H2,28,29)/b9-3+. The number of aromatic nitrogens is 1. The van der Waals surface area contributed by atoms with E-state index in [1.165, 1.54) is 13.2 Å². The van der Waals surface area contributed by atoms with Gasteiger partial charge < -0.3 is 19.6 Å². The second-order valence-corrected chi connectivity index (χ2v) is 7.69. The smallest absolute Gasteiger partial charge is 0.337 e. The quantitative estimate of drug-likeness (QED) is 0.291. The zero-order valence-corrected chi connectivity index (χ0v) is 18.9. The minimum Gasteiger partial charge on any atom is -0.493 e. The number of methoxy groups -OCH3 is 2. The third kappa shape index (κ3) is 5.15. The van der Waals surface area contributed by atoms with Crippen LogP contribution in [0.25, 0.3) is 28.2 Å². The van der Waals surface area contributed by atoms with Crippen LogP contribution in [0.4, 0.5) is 5.82 Å². The average molecular weight is 456 g/mol. The summed E-state index contributed by atoms with van der Waals surface area (Å²) in [5.74, 6) is 1.33. The average Bonchev–Trinajstić information content (AvgIpc) is 3.29. The van der Waals surface area contributed by atoms with Gasteiger partial charge in [-0.15, -0.1) is 0 Å². The maximum Gasteiger partial charge on any atom is 0.337 e. The molecule has 172 valence electrons. The molecule has 7 nitrogen and oxygen atoms in total. The van der Waals surface area contributed by atoms with Gasteiger partial charge in [-0.05, 0) is 71.3 Å². The number of aryl methyl sites for hydroxylation is 1. The molecule has 7 heteroatoms. The number of nitrogen functional groups attached to an aromatic ring is 1. The molecule has 34 heavy (non-hydrogen) atoms. The van der Waals surface area contributed by atoms with Crippen molar-refractivity contribution in [2.24, 2.45) is 0 Å². The molecule has 0 amide bonds. The van der Waals surface area contributed by atoms with Gasteiger partial charge in [0.15, 0.2) is 17.1 Å². The van der Waals surface area contributed by atoms with Gasteiger partial charge in [-0.3, -0.25) is 4.79 Å². The van der Waals surface area contributed by atoms with Crippen molar-refractivity contribution >= 4 is 34.6 Å². The number of furan rings is 1. The molecule has 2 aromatic heterocycles. The zero-order chi connectivity index (χ0) is 24.1. The first-order valence-electron chi connectivity index (χ1n) is 10.7. The van der Waals surface area contributed by atoms with Crippen LogP contribution in [0, 0.1) is 0 Å². The van der Waals surface area contributed by atoms with Gasteiger partial charge >= 0.3 is 5.97 Å². The molecule has 0 fully saturated rings. The highest BCUT2D eigenvalue weighted by atomic mass is 16.5. The minimum atomic E-state index is -0.381. The fourth-order valence-corrected chi connectivity index (χ4v) is 3.57. The molecular formula is C27H24N2O5. The van der Waals surface area contributed by atoms with Crippen LogP contribution in [0.1, 0.15) is 28.1 Å². The highest BCUT2D eigenvalue weighted by Crippen LogP contribution is 2.35. The van der Waals surface area contributed by atoms with E-state index < -0.39 is 0 Å². The molecule has 4 aromatic rings. The second kappa shape index (κ2) is 10.0. The van der Waals surface area contributed by atoms with Crippen molar-refractivity contribution < 1.29 is 23.5 Å². The van der Waals surface area contributed by atoms with Gasteiger partial charge in [0, 0.05) is 24.4 Å². The van der Waals surface area contributed by atoms with Crippen molar-refractivity contribution in [3.05, 3.63) is 83.8 Å². The van der Waals surface area contributed by atoms with Crippen molar-refractivity contribution in [2.45, 2.75) is 12.8 Å². The van der Waals surface area contributed by atoms with Crippen LogP contribution in [0.5, 0.6) is 5.75 Å². The van der Waals surface area contributed by atoms with E-state index in [4.69, 9.17) is 19.6 Å². The van der Waals surface area contributed by atoms with Crippen molar-refractivity contribution in [3.63, 3.8) is 0 Å². The van der Waals surface area contributed by atoms with Gasteiger partial charge in [-0.1, -0.05) is 12.1 Å². The van der Waals surface area contributed by atoms with Crippen molar-refractivity contribution in [2.75, 3.05) is 20.0 Å². The lowest BCUT2D eigenvalue weighted by Gasteiger charge is -2.07. The number of rotatable bonds is 8. The summed E-state index contributed by atoms with van der Waals surface area (Å²) in [6.07, 6.45) is 5.64. The molecule has 0 radical (unpaired) electrons. The molecule has 0 saturated carbocycles. The van der Waals surface area contributed by atoms with Crippen LogP contribution >= 0.6 is 0 Å². The Bertz CT molecular complexity index is 1350. The van der Waals surface area contributed by atoms with Crippen molar-refractivity contribution in [3.8, 4) is 16.9 Å². The number of benzene rings is 2. The maximum absolute atomic E-state index is 12.3. The number of hydrogen-bond donors (Lipinski definition) is 1. The fourth-order valence-electron chi connectivity index (χ4n) is 3.57. The number of ketones is 1. The van der Waals surface area contributed by atoms with Crippen LogP contribution in [0.15, 0.2) is 71.3 Å². The van der Waals surface area contributed by atoms with E-state index in [9.17, 15) is 9.59 Å². The number of nitrogens with two attached hydrogens (primary N) is 1. The number of hydrogen-bond acceptors (Lipinski definition) is 7. The predicted octanol–water partition coefficient (Wildman–Crippen LogP) is 5.09. The number of esters is 1. The summed E-state index contributed by atoms with van der Waals surface area (Å²) in [5, 5.41) is 0.873. The lowest BCUT2D eigenvalue weighted by Crippen LogP contribution is -2.00. The Balaban J connectivity index is 1.50. The van der Waals surface area contributed by atoms with Crippen LogP contribution in [-0.4, -0.2) is 31.0 Å². The summed E-state index contributed by atoms with van der Waals surface area (Å²) in [4.78, 5) is 28.0. The molecule has 2 aromatic carbocycles. The van der Waals surface area contributed by atoms with E-state index in [-0.39, 0.29) is 11.8 Å². The molecule has 0 saturated heterocycles. The van der Waals surface area contributed by atoms with Gasteiger partial charge in [-0.2, -0.15) is 0 Å². The zero-order valence-electron chi connectivity index (χ0n) is 18.9. The lowest BCUT2D eigenvalue weighted by atomic mass is 10.0. The highest BCUT2D eigenvalue weighted by molar-refractivity contribution is 5.94. The number of nitrogens with zero attached hydrogens (tertiary/aromatic N) is 1. The molecule has 2 N–H and O–H groups in total. The third-order valence-corrected chi connectivity index (χ3v) is 5.38. The van der Waals surface area contributed by atoms with Crippen LogP contribution < -0.4 is 10.5 Å². The normalized spacial score (nSPS) is 11.1. The van der Waals surface area contributed by atoms with E-state index in [1.54, 1.807) is 43.6 Å². The van der Waals surface area contributed by atoms with Crippen LogP contribution in [-0.2, 0) is 16.0 Å². The molecule has 0 atom stereocenters. The monoisotopic (exact) mass is 456 g/mol. The van der Waals surface area contributed by atoms with Crippen molar-refractivity contribution in [1.82, 2.24) is 4.98 Å². The first-order chi connectivity index (χ1) is 16.5. The number of ether oxygens (including phenoxy) is 2. The maximum atomic E-state index is 12.3. The number of carbonyl (C=O) groups is 2. The first kappa shape index (κ1) is 22.8. The van der Waals surface area contributed by atoms with Crippen molar-refractivity contribution in [1.29, 1.82) is 0 Å². The number of anilines is 1. The Hall–Kier alpha value is -4.39. The Morgan fingerprint density at radius 1 is 1.03 bits per heavy atom. The van der Waals surface area contributed by atoms with Gasteiger partial charge in [0.1, 0.15) is 11.6 Å². The number of carbonyl (C=O) groups excluding carboxylic acids is 2. The second-order valence-electron chi connectivity index (χ2n) is 7.69. The van der Waals surface area contributed by atoms with Crippen LogP contribution in [0.2, 0.25) is 0 Å². The predicted molar refractivity (Wildman–Crippen MR) is 131 cm³/mol.